The fourth-order valence-electron chi connectivity index (χ4n) is 4.22. The topological polar surface area (TPSA) is 119 Å². The Kier molecular flexibility index (Phi) is 10.6. The molecule has 0 aliphatic carbocycles. The first-order chi connectivity index (χ1) is 20.6. The smallest absolute Gasteiger partial charge is 0.326 e. The fraction of sp³-hybridized carbons (Fsp3) is 0.233. The van der Waals surface area contributed by atoms with Crippen LogP contribution >= 0.6 is 34.8 Å². The molecule has 0 bridgehead atoms. The zero-order valence-corrected chi connectivity index (χ0v) is 26.1. The van der Waals surface area contributed by atoms with Gasteiger partial charge in [0, 0.05) is 13.1 Å². The molecule has 0 saturated heterocycles. The maximum Gasteiger partial charge on any atom is 0.326 e. The maximum absolute atomic E-state index is 13.2. The van der Waals surface area contributed by atoms with Crippen molar-refractivity contribution in [3.05, 3.63) is 98.6 Å². The standard InChI is InChI=1S/C30H29Cl3N6O4/c1-17(2)24-25(36-30(41)38-29(40)22-13-23(31)27(33)37-26(22)32)28(35-16-34-24)39(14-18-5-9-20(42-3)10-6-18)15-19-7-11-21(43-4)12-8-19/h5-13,16-17H,14-15H2,1-4H3,(H2,36,38,40,41). The Hall–Kier alpha value is -4.12. The monoisotopic (exact) mass is 642 g/mol. The summed E-state index contributed by atoms with van der Waals surface area (Å²) < 4.78 is 10.6. The van der Waals surface area contributed by atoms with E-state index < -0.39 is 11.9 Å². The zero-order chi connectivity index (χ0) is 31.1. The minimum atomic E-state index is -0.820. The summed E-state index contributed by atoms with van der Waals surface area (Å²) in [6.45, 7) is 4.76. The second-order valence-corrected chi connectivity index (χ2v) is 10.8. The van der Waals surface area contributed by atoms with Gasteiger partial charge in [-0.25, -0.2) is 19.7 Å². The van der Waals surface area contributed by atoms with Crippen LogP contribution in [0.15, 0.2) is 60.9 Å². The second kappa shape index (κ2) is 14.4. The summed E-state index contributed by atoms with van der Waals surface area (Å²) in [7, 11) is 3.22. The Morgan fingerprint density at radius 3 is 1.93 bits per heavy atom. The average molecular weight is 644 g/mol. The lowest BCUT2D eigenvalue weighted by molar-refractivity contribution is 0.0967. The first-order valence-corrected chi connectivity index (χ1v) is 14.2. The number of amides is 3. The Balaban J connectivity index is 1.69. The van der Waals surface area contributed by atoms with Crippen molar-refractivity contribution in [1.82, 2.24) is 20.3 Å². The molecule has 2 N–H and O–H groups in total. The third-order valence-electron chi connectivity index (χ3n) is 6.36. The molecule has 0 aliphatic rings. The summed E-state index contributed by atoms with van der Waals surface area (Å²) in [5.74, 6) is 1.02. The van der Waals surface area contributed by atoms with E-state index in [0.717, 1.165) is 22.6 Å². The van der Waals surface area contributed by atoms with Crippen LogP contribution in [0.25, 0.3) is 0 Å². The summed E-state index contributed by atoms with van der Waals surface area (Å²) >= 11 is 18.0. The van der Waals surface area contributed by atoms with Crippen molar-refractivity contribution < 1.29 is 19.1 Å². The van der Waals surface area contributed by atoms with Gasteiger partial charge in [-0.2, -0.15) is 0 Å². The normalized spacial score (nSPS) is 10.8. The number of hydrogen-bond donors (Lipinski definition) is 2. The van der Waals surface area contributed by atoms with Crippen molar-refractivity contribution in [1.29, 1.82) is 0 Å². The average Bonchev–Trinajstić information content (AvgIpc) is 2.99. The van der Waals surface area contributed by atoms with Gasteiger partial charge in [0.2, 0.25) is 0 Å². The highest BCUT2D eigenvalue weighted by Gasteiger charge is 2.24. The van der Waals surface area contributed by atoms with Crippen LogP contribution in [0.1, 0.15) is 46.9 Å². The number of halogens is 3. The number of hydrogen-bond acceptors (Lipinski definition) is 8. The third kappa shape index (κ3) is 8.04. The lowest BCUT2D eigenvalue weighted by Crippen LogP contribution is -2.36. The first kappa shape index (κ1) is 31.8. The van der Waals surface area contributed by atoms with Gasteiger partial charge in [0.1, 0.15) is 33.8 Å². The van der Waals surface area contributed by atoms with Crippen LogP contribution in [0, 0.1) is 0 Å². The van der Waals surface area contributed by atoms with Gasteiger partial charge in [0.15, 0.2) is 5.82 Å². The molecule has 0 unspecified atom stereocenters. The molecule has 0 aliphatic heterocycles. The van der Waals surface area contributed by atoms with E-state index in [1.165, 1.54) is 12.4 Å². The molecule has 0 fully saturated rings. The van der Waals surface area contributed by atoms with Crippen LogP contribution < -0.4 is 25.0 Å². The third-order valence-corrected chi connectivity index (χ3v) is 7.33. The Labute approximate surface area is 264 Å². The van der Waals surface area contributed by atoms with E-state index in [2.05, 4.69) is 25.6 Å². The van der Waals surface area contributed by atoms with Crippen molar-refractivity contribution in [2.75, 3.05) is 24.4 Å². The van der Waals surface area contributed by atoms with Crippen molar-refractivity contribution in [2.24, 2.45) is 0 Å². The number of benzene rings is 2. The van der Waals surface area contributed by atoms with E-state index >= 15 is 0 Å². The molecule has 0 spiro atoms. The molecule has 4 aromatic rings. The summed E-state index contributed by atoms with van der Waals surface area (Å²) in [5, 5.41) is 4.83. The van der Waals surface area contributed by atoms with Gasteiger partial charge >= 0.3 is 6.03 Å². The molecular formula is C30H29Cl3N6O4. The molecule has 3 amide bonds. The van der Waals surface area contributed by atoms with Crippen LogP contribution in [-0.4, -0.2) is 41.1 Å². The highest BCUT2D eigenvalue weighted by Crippen LogP contribution is 2.33. The number of rotatable bonds is 10. The molecule has 0 radical (unpaired) electrons. The summed E-state index contributed by atoms with van der Waals surface area (Å²) in [5.41, 5.74) is 2.78. The van der Waals surface area contributed by atoms with Gasteiger partial charge < -0.3 is 19.7 Å². The van der Waals surface area contributed by atoms with Crippen molar-refractivity contribution in [3.8, 4) is 11.5 Å². The molecule has 2 aromatic heterocycles. The molecule has 10 nitrogen and oxygen atoms in total. The van der Waals surface area contributed by atoms with Crippen molar-refractivity contribution in [3.63, 3.8) is 0 Å². The minimum Gasteiger partial charge on any atom is -0.497 e. The van der Waals surface area contributed by atoms with E-state index in [-0.39, 0.29) is 26.8 Å². The molecule has 2 heterocycles. The first-order valence-electron chi connectivity index (χ1n) is 13.1. The van der Waals surface area contributed by atoms with E-state index in [1.54, 1.807) is 14.2 Å². The fourth-order valence-corrected chi connectivity index (χ4v) is 4.77. The predicted molar refractivity (Wildman–Crippen MR) is 168 cm³/mol. The SMILES string of the molecule is COc1ccc(CN(Cc2ccc(OC)cc2)c2ncnc(C(C)C)c2NC(=O)NC(=O)c2cc(Cl)c(Cl)nc2Cl)cc1. The largest absolute Gasteiger partial charge is 0.497 e. The molecule has 224 valence electrons. The number of carbonyl (C=O) groups is 2. The Morgan fingerprint density at radius 2 is 1.42 bits per heavy atom. The molecule has 13 heteroatoms. The lowest BCUT2D eigenvalue weighted by Gasteiger charge is -2.28. The molecule has 0 saturated carbocycles. The van der Waals surface area contributed by atoms with Gasteiger partial charge in [0.25, 0.3) is 5.91 Å². The highest BCUT2D eigenvalue weighted by atomic mass is 35.5. The Bertz CT molecular complexity index is 1550. The molecule has 4 rings (SSSR count). The number of anilines is 2. The predicted octanol–water partition coefficient (Wildman–Crippen LogP) is 7.14. The number of pyridine rings is 1. The van der Waals surface area contributed by atoms with Gasteiger partial charge in [-0.3, -0.25) is 10.1 Å². The molecule has 2 aromatic carbocycles. The number of nitrogens with zero attached hydrogens (tertiary/aromatic N) is 4. The highest BCUT2D eigenvalue weighted by molar-refractivity contribution is 6.42. The van der Waals surface area contributed by atoms with Crippen LogP contribution in [-0.2, 0) is 13.1 Å². The van der Waals surface area contributed by atoms with Crippen molar-refractivity contribution >= 4 is 58.2 Å². The summed E-state index contributed by atoms with van der Waals surface area (Å²) in [6.07, 6.45) is 1.45. The number of imide groups is 1. The zero-order valence-electron chi connectivity index (χ0n) is 23.8. The van der Waals surface area contributed by atoms with Gasteiger partial charge in [-0.15, -0.1) is 0 Å². The number of carbonyl (C=O) groups excluding carboxylic acids is 2. The van der Waals surface area contributed by atoms with E-state index in [1.807, 2.05) is 67.3 Å². The van der Waals surface area contributed by atoms with Crippen LogP contribution in [0.2, 0.25) is 15.3 Å². The number of aromatic nitrogens is 3. The number of methoxy groups -OCH3 is 2. The van der Waals surface area contributed by atoms with E-state index in [9.17, 15) is 9.59 Å². The molecule has 0 atom stereocenters. The molecular weight excluding hydrogens is 615 g/mol. The van der Waals surface area contributed by atoms with E-state index in [0.29, 0.717) is 30.3 Å². The number of urea groups is 1. The van der Waals surface area contributed by atoms with Crippen LogP contribution in [0.5, 0.6) is 11.5 Å². The number of ether oxygens (including phenoxy) is 2. The Morgan fingerprint density at radius 1 is 0.860 bits per heavy atom. The van der Waals surface area contributed by atoms with Crippen LogP contribution in [0.4, 0.5) is 16.3 Å². The van der Waals surface area contributed by atoms with Crippen molar-refractivity contribution in [2.45, 2.75) is 32.9 Å². The minimum absolute atomic E-state index is 0.0187. The maximum atomic E-state index is 13.2. The second-order valence-electron chi connectivity index (χ2n) is 9.67. The summed E-state index contributed by atoms with van der Waals surface area (Å²) in [4.78, 5) is 41.0. The van der Waals surface area contributed by atoms with E-state index in [4.69, 9.17) is 44.3 Å². The quantitative estimate of drug-likeness (QED) is 0.175. The number of nitrogens with one attached hydrogen (secondary N) is 2. The van der Waals surface area contributed by atoms with Crippen LogP contribution in [0.3, 0.4) is 0 Å². The molecule has 43 heavy (non-hydrogen) atoms. The summed E-state index contributed by atoms with van der Waals surface area (Å²) in [6, 6.07) is 15.8. The van der Waals surface area contributed by atoms with Gasteiger partial charge in [-0.1, -0.05) is 72.9 Å². The van der Waals surface area contributed by atoms with Gasteiger partial charge in [-0.05, 0) is 47.4 Å². The van der Waals surface area contributed by atoms with Gasteiger partial charge in [0.05, 0.1) is 30.5 Å². The lowest BCUT2D eigenvalue weighted by atomic mass is 10.1.